The smallest absolute Gasteiger partial charge is 0.346 e. The molecule has 8 aromatic rings. The largest absolute Gasteiger partial charge is 0.403 e. The van der Waals surface area contributed by atoms with Crippen molar-refractivity contribution < 1.29 is 18.2 Å². The molecule has 0 radical (unpaired) electrons. The van der Waals surface area contributed by atoms with Crippen LogP contribution in [0.4, 0.5) is 11.4 Å². The third-order valence-electron chi connectivity index (χ3n) is 11.3. The first kappa shape index (κ1) is 32.5. The molecule has 0 bridgehead atoms. The molecule has 0 fully saturated rings. The molecular formula is C44H34N3O6P. The fourth-order valence-electron chi connectivity index (χ4n) is 8.78. The predicted octanol–water partition coefficient (Wildman–Crippen LogP) is 12.6. The van der Waals surface area contributed by atoms with E-state index in [0.29, 0.717) is 0 Å². The molecule has 54 heavy (non-hydrogen) atoms. The second-order valence-corrected chi connectivity index (χ2v) is 15.6. The maximum absolute atomic E-state index is 11.7. The van der Waals surface area contributed by atoms with Crippen LogP contribution < -0.4 is 0 Å². The fraction of sp³-hybridized carbons (Fsp3) is 0.182. The molecule has 2 aliphatic rings. The molecule has 10 rings (SSSR count). The van der Waals surface area contributed by atoms with E-state index in [9.17, 15) is 20.2 Å². The average molecular weight is 732 g/mol. The molecule has 0 spiro atoms. The number of aromatic nitrogens is 1. The third-order valence-corrected chi connectivity index (χ3v) is 12.7. The van der Waals surface area contributed by atoms with E-state index in [4.69, 9.17) is 8.39 Å². The number of hydrogen-bond acceptors (Lipinski definition) is 6. The molecule has 0 saturated carbocycles. The summed E-state index contributed by atoms with van der Waals surface area (Å²) in [5, 5.41) is 27.7. The molecule has 2 aliphatic carbocycles. The Balaban J connectivity index is 1.44. The van der Waals surface area contributed by atoms with Gasteiger partial charge < -0.3 is 8.39 Å². The van der Waals surface area contributed by atoms with Crippen LogP contribution in [0.25, 0.3) is 66.0 Å². The number of hydrogen-bond donors (Lipinski definition) is 0. The van der Waals surface area contributed by atoms with Crippen molar-refractivity contribution in [2.75, 3.05) is 0 Å². The average Bonchev–Trinajstić information content (AvgIpc) is 3.43. The van der Waals surface area contributed by atoms with E-state index in [2.05, 4.69) is 40.7 Å². The normalized spacial score (nSPS) is 14.0. The van der Waals surface area contributed by atoms with Crippen LogP contribution in [-0.2, 0) is 25.7 Å². The molecule has 6 aromatic carbocycles. The van der Waals surface area contributed by atoms with Crippen LogP contribution in [0, 0.1) is 20.2 Å². The van der Waals surface area contributed by atoms with Crippen LogP contribution in [0.1, 0.15) is 47.9 Å². The van der Waals surface area contributed by atoms with E-state index < -0.39 is 8.16 Å². The highest BCUT2D eigenvalue weighted by Gasteiger charge is 2.28. The first-order chi connectivity index (χ1) is 26.4. The quantitative estimate of drug-likeness (QED) is 0.128. The molecule has 0 unspecified atom stereocenters. The number of rotatable bonds is 5. The van der Waals surface area contributed by atoms with Crippen molar-refractivity contribution >= 4 is 63.3 Å². The van der Waals surface area contributed by atoms with Gasteiger partial charge in [0.15, 0.2) is 11.2 Å². The summed E-state index contributed by atoms with van der Waals surface area (Å²) in [6.07, 6.45) is 7.89. The van der Waals surface area contributed by atoms with Crippen LogP contribution in [0.2, 0.25) is 0 Å². The minimum Gasteiger partial charge on any atom is -0.403 e. The molecular weight excluding hydrogens is 697 g/mol. The number of non-ortho nitro benzene ring substituents is 2. The monoisotopic (exact) mass is 731 g/mol. The summed E-state index contributed by atoms with van der Waals surface area (Å²) in [6.45, 7) is 0. The highest BCUT2D eigenvalue weighted by Crippen LogP contribution is 2.50. The lowest BCUT2D eigenvalue weighted by Gasteiger charge is -2.23. The van der Waals surface area contributed by atoms with Gasteiger partial charge in [0, 0.05) is 56.9 Å². The minimum absolute atomic E-state index is 0.0340. The van der Waals surface area contributed by atoms with Gasteiger partial charge in [-0.05, 0) is 133 Å². The van der Waals surface area contributed by atoms with E-state index in [-0.39, 0.29) is 21.2 Å². The molecule has 0 saturated heterocycles. The second-order valence-electron chi connectivity index (χ2n) is 14.3. The summed E-state index contributed by atoms with van der Waals surface area (Å²) in [6, 6.07) is 34.6. The Bertz CT molecular complexity index is 2700. The molecule has 0 amide bonds. The lowest BCUT2D eigenvalue weighted by atomic mass is 9.81. The number of fused-ring (bicyclic) bond motifs is 10. The van der Waals surface area contributed by atoms with E-state index in [1.54, 1.807) is 24.3 Å². The van der Waals surface area contributed by atoms with Crippen LogP contribution in [0.3, 0.4) is 0 Å². The number of nitro benzene ring substituents is 2. The van der Waals surface area contributed by atoms with Crippen molar-refractivity contribution in [1.29, 1.82) is 0 Å². The zero-order valence-corrected chi connectivity index (χ0v) is 30.2. The third kappa shape index (κ3) is 5.14. The van der Waals surface area contributed by atoms with Crippen LogP contribution >= 0.6 is 8.16 Å². The molecule has 0 atom stereocenters. The first-order valence-corrected chi connectivity index (χ1v) is 19.6. The summed E-state index contributed by atoms with van der Waals surface area (Å²) in [7, 11) is -1.90. The Kier molecular flexibility index (Phi) is 7.66. The van der Waals surface area contributed by atoms with Crippen LogP contribution in [0.15, 0.2) is 118 Å². The Morgan fingerprint density at radius 3 is 1.37 bits per heavy atom. The number of nitrogens with zero attached hydrogens (tertiary/aromatic N) is 3. The van der Waals surface area contributed by atoms with E-state index in [1.807, 2.05) is 48.5 Å². The summed E-state index contributed by atoms with van der Waals surface area (Å²) in [5.74, 6) is 0. The van der Waals surface area contributed by atoms with Crippen molar-refractivity contribution in [3.63, 3.8) is 0 Å². The van der Waals surface area contributed by atoms with Crippen molar-refractivity contribution in [3.05, 3.63) is 152 Å². The molecule has 2 heterocycles. The molecule has 0 N–H and O–H groups in total. The summed E-state index contributed by atoms with van der Waals surface area (Å²) in [5.41, 5.74) is 12.0. The summed E-state index contributed by atoms with van der Waals surface area (Å²) in [4.78, 5) is 22.7. The maximum atomic E-state index is 11.7. The van der Waals surface area contributed by atoms with Gasteiger partial charge in [-0.2, -0.15) is 0 Å². The number of para-hydroxylation sites is 2. The fourth-order valence-corrected chi connectivity index (χ4v) is 10.4. The van der Waals surface area contributed by atoms with Crippen molar-refractivity contribution in [2.45, 2.75) is 51.4 Å². The zero-order valence-electron chi connectivity index (χ0n) is 29.3. The van der Waals surface area contributed by atoms with E-state index in [0.717, 1.165) is 117 Å². The molecule has 10 heteroatoms. The molecule has 0 aliphatic heterocycles. The minimum atomic E-state index is -1.90. The van der Waals surface area contributed by atoms with E-state index >= 15 is 0 Å². The Morgan fingerprint density at radius 1 is 0.537 bits per heavy atom. The van der Waals surface area contributed by atoms with Crippen LogP contribution in [-0.4, -0.2) is 14.2 Å². The van der Waals surface area contributed by atoms with Gasteiger partial charge in [0.05, 0.1) is 20.9 Å². The Hall–Kier alpha value is -6.18. The maximum Gasteiger partial charge on any atom is 0.346 e. The van der Waals surface area contributed by atoms with Crippen LogP contribution in [0.5, 0.6) is 0 Å². The highest BCUT2D eigenvalue weighted by atomic mass is 31.1. The zero-order chi connectivity index (χ0) is 36.5. The standard InChI is InChI=1S/C44H34N3O6P/c48-46(49)31-21-17-27(18-22-31)37-25-29-9-1-3-11-33(29)41-42-34-12-4-2-10-30(34)26-38(28-19-23-32(24-20-28)47(50)51)44(42)53-54(52-43(37)41)45-39-15-7-5-13-35(39)36-14-6-8-16-40(36)45/h5-8,13-26H,1-4,9-12H2. The van der Waals surface area contributed by atoms with Gasteiger partial charge >= 0.3 is 8.16 Å². The molecule has 2 aromatic heterocycles. The van der Waals surface area contributed by atoms with Crippen molar-refractivity contribution in [2.24, 2.45) is 0 Å². The van der Waals surface area contributed by atoms with E-state index in [1.165, 1.54) is 22.3 Å². The highest BCUT2D eigenvalue weighted by molar-refractivity contribution is 7.36. The number of benzene rings is 6. The molecule has 9 nitrogen and oxygen atoms in total. The first-order valence-electron chi connectivity index (χ1n) is 18.5. The molecule has 266 valence electrons. The SMILES string of the molecule is O=[N+]([O-])c1ccc(-c2cc3c(c4c2op(-n2c5ccccc5c5ccccc52)oc2c(-c5ccc([N+](=O)[O-])cc5)cc5c(c24)CCCC5)CCCC3)cc1. The topological polar surface area (TPSA) is 117 Å². The predicted molar refractivity (Wildman–Crippen MR) is 214 cm³/mol. The van der Waals surface area contributed by atoms with Gasteiger partial charge in [-0.3, -0.25) is 20.2 Å². The summed E-state index contributed by atoms with van der Waals surface area (Å²) >= 11 is 0. The Morgan fingerprint density at radius 2 is 0.944 bits per heavy atom. The summed E-state index contributed by atoms with van der Waals surface area (Å²) < 4.78 is 17.1. The van der Waals surface area contributed by atoms with Crippen molar-refractivity contribution in [3.8, 4) is 22.3 Å². The van der Waals surface area contributed by atoms with Gasteiger partial charge in [0.1, 0.15) is 0 Å². The van der Waals surface area contributed by atoms with Gasteiger partial charge in [0.2, 0.25) is 0 Å². The van der Waals surface area contributed by atoms with Gasteiger partial charge in [-0.25, -0.2) is 4.34 Å². The lowest BCUT2D eigenvalue weighted by Crippen LogP contribution is -2.07. The van der Waals surface area contributed by atoms with Gasteiger partial charge in [0.25, 0.3) is 11.4 Å². The van der Waals surface area contributed by atoms with Crippen molar-refractivity contribution in [1.82, 2.24) is 4.34 Å². The van der Waals surface area contributed by atoms with Gasteiger partial charge in [-0.15, -0.1) is 0 Å². The number of aryl methyl sites for hydroxylation is 4. The van der Waals surface area contributed by atoms with Gasteiger partial charge in [-0.1, -0.05) is 36.4 Å². The Labute approximate surface area is 310 Å². The second kappa shape index (κ2) is 12.7. The lowest BCUT2D eigenvalue weighted by molar-refractivity contribution is -0.385. The number of nitro groups is 2.